The number of hydrogen-bond donors (Lipinski definition) is 1. The number of hydrogen-bond acceptors (Lipinski definition) is 3. The molecule has 1 aromatic heterocycles. The summed E-state index contributed by atoms with van der Waals surface area (Å²) in [6, 6.07) is 12.2. The summed E-state index contributed by atoms with van der Waals surface area (Å²) in [5.74, 6) is 0.912. The van der Waals surface area contributed by atoms with Crippen molar-refractivity contribution in [2.45, 2.75) is 32.4 Å². The first kappa shape index (κ1) is 13.6. The summed E-state index contributed by atoms with van der Waals surface area (Å²) in [6.45, 7) is 2.63. The zero-order valence-corrected chi connectivity index (χ0v) is 11.3. The molecule has 19 heavy (non-hydrogen) atoms. The summed E-state index contributed by atoms with van der Waals surface area (Å²) in [7, 11) is 0. The Balaban J connectivity index is 2.03. The minimum Gasteiger partial charge on any atom is -0.489 e. The Labute approximate surface area is 114 Å². The van der Waals surface area contributed by atoms with E-state index >= 15 is 0 Å². The predicted molar refractivity (Wildman–Crippen MR) is 77.0 cm³/mol. The van der Waals surface area contributed by atoms with Crippen LogP contribution >= 0.6 is 0 Å². The molecule has 1 aromatic carbocycles. The molecule has 0 saturated heterocycles. The summed E-state index contributed by atoms with van der Waals surface area (Å²) < 4.78 is 5.87. The molecule has 0 aliphatic rings. The average Bonchev–Trinajstić information content (AvgIpc) is 2.47. The smallest absolute Gasteiger partial charge is 0.123 e. The van der Waals surface area contributed by atoms with Crippen molar-refractivity contribution in [3.63, 3.8) is 0 Å². The maximum absolute atomic E-state index is 6.02. The largest absolute Gasteiger partial charge is 0.489 e. The van der Waals surface area contributed by atoms with Gasteiger partial charge in [0, 0.05) is 24.0 Å². The zero-order valence-electron chi connectivity index (χ0n) is 11.3. The van der Waals surface area contributed by atoms with Crippen LogP contribution in [0.3, 0.4) is 0 Å². The third kappa shape index (κ3) is 4.07. The van der Waals surface area contributed by atoms with E-state index in [1.54, 1.807) is 6.20 Å². The molecule has 100 valence electrons. The normalized spacial score (nSPS) is 12.1. The Kier molecular flexibility index (Phi) is 4.93. The zero-order chi connectivity index (χ0) is 13.5. The van der Waals surface area contributed by atoms with Crippen molar-refractivity contribution < 1.29 is 4.74 Å². The van der Waals surface area contributed by atoms with E-state index in [1.165, 1.54) is 5.56 Å². The second-order valence-corrected chi connectivity index (χ2v) is 4.63. The first-order valence-electron chi connectivity index (χ1n) is 6.64. The molecule has 1 unspecified atom stereocenters. The molecule has 2 N–H and O–H groups in total. The van der Waals surface area contributed by atoms with Crippen molar-refractivity contribution in [1.82, 2.24) is 4.98 Å². The van der Waals surface area contributed by atoms with Gasteiger partial charge in [0.1, 0.15) is 12.4 Å². The standard InChI is InChI=1S/C16H20N2O/c1-2-15(17)10-14-7-3-4-8-16(14)19-12-13-6-5-9-18-11-13/h3-9,11,15H,2,10,12,17H2,1H3. The van der Waals surface area contributed by atoms with Crippen molar-refractivity contribution >= 4 is 0 Å². The summed E-state index contributed by atoms with van der Waals surface area (Å²) in [6.07, 6.45) is 5.40. The molecule has 1 atom stereocenters. The van der Waals surface area contributed by atoms with Gasteiger partial charge in [-0.25, -0.2) is 0 Å². The molecular weight excluding hydrogens is 236 g/mol. The summed E-state index contributed by atoms with van der Waals surface area (Å²) in [4.78, 5) is 4.08. The van der Waals surface area contributed by atoms with Gasteiger partial charge >= 0.3 is 0 Å². The van der Waals surface area contributed by atoms with Crippen LogP contribution in [0.2, 0.25) is 0 Å². The predicted octanol–water partition coefficient (Wildman–Crippen LogP) is 2.94. The van der Waals surface area contributed by atoms with E-state index in [4.69, 9.17) is 10.5 Å². The molecule has 1 heterocycles. The maximum atomic E-state index is 6.02. The van der Waals surface area contributed by atoms with E-state index in [0.29, 0.717) is 6.61 Å². The third-order valence-electron chi connectivity index (χ3n) is 3.10. The first-order valence-corrected chi connectivity index (χ1v) is 6.64. The number of pyridine rings is 1. The fraction of sp³-hybridized carbons (Fsp3) is 0.312. The topological polar surface area (TPSA) is 48.1 Å². The van der Waals surface area contributed by atoms with Gasteiger partial charge in [-0.1, -0.05) is 31.2 Å². The number of nitrogens with two attached hydrogens (primary N) is 1. The summed E-state index contributed by atoms with van der Waals surface area (Å²) >= 11 is 0. The highest BCUT2D eigenvalue weighted by Gasteiger charge is 2.07. The van der Waals surface area contributed by atoms with Gasteiger partial charge in [-0.2, -0.15) is 0 Å². The molecule has 0 bridgehead atoms. The fourth-order valence-electron chi connectivity index (χ4n) is 1.88. The maximum Gasteiger partial charge on any atom is 0.123 e. The number of benzene rings is 1. The van der Waals surface area contributed by atoms with Gasteiger partial charge < -0.3 is 10.5 Å². The van der Waals surface area contributed by atoms with Crippen LogP contribution in [0.25, 0.3) is 0 Å². The Bertz CT molecular complexity index is 499. The van der Waals surface area contributed by atoms with Crippen LogP contribution in [-0.4, -0.2) is 11.0 Å². The number of nitrogens with zero attached hydrogens (tertiary/aromatic N) is 1. The van der Waals surface area contributed by atoms with Crippen LogP contribution in [0, 0.1) is 0 Å². The monoisotopic (exact) mass is 256 g/mol. The van der Waals surface area contributed by atoms with Crippen molar-refractivity contribution in [2.24, 2.45) is 5.73 Å². The lowest BCUT2D eigenvalue weighted by atomic mass is 10.0. The summed E-state index contributed by atoms with van der Waals surface area (Å²) in [5.41, 5.74) is 8.25. The van der Waals surface area contributed by atoms with E-state index in [2.05, 4.69) is 18.0 Å². The molecule has 0 fully saturated rings. The van der Waals surface area contributed by atoms with Crippen molar-refractivity contribution in [3.8, 4) is 5.75 Å². The van der Waals surface area contributed by atoms with E-state index in [9.17, 15) is 0 Å². The molecule has 0 aliphatic heterocycles. The molecule has 0 amide bonds. The minimum absolute atomic E-state index is 0.183. The number of para-hydroxylation sites is 1. The Morgan fingerprint density at radius 2 is 2.05 bits per heavy atom. The van der Waals surface area contributed by atoms with Gasteiger partial charge in [-0.15, -0.1) is 0 Å². The lowest BCUT2D eigenvalue weighted by molar-refractivity contribution is 0.301. The van der Waals surface area contributed by atoms with Crippen LogP contribution in [0.1, 0.15) is 24.5 Å². The average molecular weight is 256 g/mol. The van der Waals surface area contributed by atoms with Crippen LogP contribution < -0.4 is 10.5 Å². The lowest BCUT2D eigenvalue weighted by Gasteiger charge is -2.14. The molecule has 2 rings (SSSR count). The molecule has 0 saturated carbocycles. The number of ether oxygens (including phenoxy) is 1. The van der Waals surface area contributed by atoms with Crippen LogP contribution in [-0.2, 0) is 13.0 Å². The van der Waals surface area contributed by atoms with Gasteiger partial charge in [-0.05, 0) is 30.5 Å². The van der Waals surface area contributed by atoms with Crippen LogP contribution in [0.4, 0.5) is 0 Å². The second-order valence-electron chi connectivity index (χ2n) is 4.63. The van der Waals surface area contributed by atoms with Gasteiger partial charge in [0.15, 0.2) is 0 Å². The van der Waals surface area contributed by atoms with Crippen LogP contribution in [0.5, 0.6) is 5.75 Å². The molecular formula is C16H20N2O. The third-order valence-corrected chi connectivity index (χ3v) is 3.10. The van der Waals surface area contributed by atoms with Gasteiger partial charge in [0.05, 0.1) is 0 Å². The molecule has 0 spiro atoms. The van der Waals surface area contributed by atoms with E-state index in [1.807, 2.05) is 36.5 Å². The molecule has 3 nitrogen and oxygen atoms in total. The highest BCUT2D eigenvalue weighted by Crippen LogP contribution is 2.21. The summed E-state index contributed by atoms with van der Waals surface area (Å²) in [5, 5.41) is 0. The minimum atomic E-state index is 0.183. The second kappa shape index (κ2) is 6.90. The van der Waals surface area contributed by atoms with E-state index in [-0.39, 0.29) is 6.04 Å². The molecule has 2 aromatic rings. The van der Waals surface area contributed by atoms with Gasteiger partial charge in [0.2, 0.25) is 0 Å². The molecule has 3 heteroatoms. The molecule has 0 radical (unpaired) electrons. The molecule has 0 aliphatic carbocycles. The van der Waals surface area contributed by atoms with Crippen LogP contribution in [0.15, 0.2) is 48.8 Å². The Morgan fingerprint density at radius 1 is 1.21 bits per heavy atom. The number of aromatic nitrogens is 1. The quantitative estimate of drug-likeness (QED) is 0.864. The van der Waals surface area contributed by atoms with Crippen molar-refractivity contribution in [2.75, 3.05) is 0 Å². The van der Waals surface area contributed by atoms with E-state index < -0.39 is 0 Å². The highest BCUT2D eigenvalue weighted by molar-refractivity contribution is 5.34. The van der Waals surface area contributed by atoms with Crippen molar-refractivity contribution in [3.05, 3.63) is 59.9 Å². The first-order chi connectivity index (χ1) is 9.29. The van der Waals surface area contributed by atoms with Gasteiger partial charge in [0.25, 0.3) is 0 Å². The van der Waals surface area contributed by atoms with E-state index in [0.717, 1.165) is 24.2 Å². The Hall–Kier alpha value is -1.87. The fourth-order valence-corrected chi connectivity index (χ4v) is 1.88. The highest BCUT2D eigenvalue weighted by atomic mass is 16.5. The Morgan fingerprint density at radius 3 is 2.79 bits per heavy atom. The SMILES string of the molecule is CCC(N)Cc1ccccc1OCc1cccnc1. The van der Waals surface area contributed by atoms with Crippen molar-refractivity contribution in [1.29, 1.82) is 0 Å². The lowest BCUT2D eigenvalue weighted by Crippen LogP contribution is -2.21. The number of rotatable bonds is 6. The van der Waals surface area contributed by atoms with Gasteiger partial charge in [-0.3, -0.25) is 4.98 Å².